The lowest BCUT2D eigenvalue weighted by molar-refractivity contribution is -0.157. The van der Waals surface area contributed by atoms with Crippen LogP contribution in [0.4, 0.5) is 22.0 Å². The molecule has 2 aromatic carbocycles. The Balaban J connectivity index is 1.51. The van der Waals surface area contributed by atoms with Gasteiger partial charge in [0.05, 0.1) is 69.2 Å². The molecule has 49 heavy (non-hydrogen) atoms. The fourth-order valence-electron chi connectivity index (χ4n) is 5.21. The average Bonchev–Trinajstić information content (AvgIpc) is 3.74. The minimum Gasteiger partial charge on any atom is -0.494 e. The fraction of sp³-hybridized carbons (Fsp3) is 0.375. The van der Waals surface area contributed by atoms with Crippen molar-refractivity contribution in [2.45, 2.75) is 38.0 Å². The van der Waals surface area contributed by atoms with Crippen molar-refractivity contribution in [1.82, 2.24) is 20.1 Å². The number of aromatic amines is 1. The number of carboxylic acids is 1. The standard InChI is InChI=1S/C32H32F5N5O7/c1-2-10-48-19-6-7-20(22(15-19)32(35,36)37)24-16-27(49-41-24)31(30(44)45,8-11-46-13-14-47-12-9-43)42-18-26-25(17-38-42)39-29(40-26)21-4-3-5-23(33)28(21)34/h3-7,15-17,43H,2,8-14,18H2,1H3,(H,39,40)(H,44,45). The van der Waals surface area contributed by atoms with Crippen molar-refractivity contribution >= 4 is 12.2 Å². The van der Waals surface area contributed by atoms with E-state index >= 15 is 0 Å². The number of benzene rings is 2. The van der Waals surface area contributed by atoms with Gasteiger partial charge in [-0.2, -0.15) is 18.3 Å². The van der Waals surface area contributed by atoms with Gasteiger partial charge >= 0.3 is 12.1 Å². The number of carboxylic acid groups (broad SMARTS) is 1. The monoisotopic (exact) mass is 693 g/mol. The summed E-state index contributed by atoms with van der Waals surface area (Å²) in [6.07, 6.45) is -3.36. The predicted octanol–water partition coefficient (Wildman–Crippen LogP) is 5.36. The van der Waals surface area contributed by atoms with Crippen LogP contribution in [0.2, 0.25) is 0 Å². The third-order valence-corrected chi connectivity index (χ3v) is 7.62. The van der Waals surface area contributed by atoms with Gasteiger partial charge in [-0.25, -0.2) is 18.6 Å². The molecular weight excluding hydrogens is 661 g/mol. The lowest BCUT2D eigenvalue weighted by Gasteiger charge is -2.37. The number of imidazole rings is 1. The van der Waals surface area contributed by atoms with E-state index in [1.165, 1.54) is 24.4 Å². The number of aliphatic hydroxyl groups excluding tert-OH is 1. The zero-order valence-electron chi connectivity index (χ0n) is 26.1. The zero-order chi connectivity index (χ0) is 35.2. The van der Waals surface area contributed by atoms with Crippen LogP contribution in [-0.2, 0) is 32.5 Å². The Hall–Kier alpha value is -4.87. The molecule has 12 nitrogen and oxygen atoms in total. The van der Waals surface area contributed by atoms with Crippen LogP contribution in [0.1, 0.15) is 42.5 Å². The predicted molar refractivity (Wildman–Crippen MR) is 162 cm³/mol. The van der Waals surface area contributed by atoms with E-state index in [0.717, 1.165) is 29.3 Å². The summed E-state index contributed by atoms with van der Waals surface area (Å²) in [5, 5.41) is 28.9. The molecule has 0 aliphatic carbocycles. The highest BCUT2D eigenvalue weighted by Gasteiger charge is 2.51. The van der Waals surface area contributed by atoms with Crippen molar-refractivity contribution in [3.05, 3.63) is 76.8 Å². The molecule has 0 saturated heterocycles. The van der Waals surface area contributed by atoms with E-state index in [1.54, 1.807) is 0 Å². The van der Waals surface area contributed by atoms with Crippen LogP contribution in [0.5, 0.6) is 5.75 Å². The van der Waals surface area contributed by atoms with Crippen LogP contribution in [0.15, 0.2) is 52.1 Å². The number of hydrogen-bond acceptors (Lipinski definition) is 10. The Labute approximate surface area is 276 Å². The minimum atomic E-state index is -4.82. The number of hydrazone groups is 1. The molecule has 5 rings (SSSR count). The lowest BCUT2D eigenvalue weighted by Crippen LogP contribution is -2.51. The van der Waals surface area contributed by atoms with Gasteiger partial charge in [-0.1, -0.05) is 18.1 Å². The van der Waals surface area contributed by atoms with Gasteiger partial charge in [0, 0.05) is 18.1 Å². The number of nitrogens with one attached hydrogen (secondary N) is 1. The highest BCUT2D eigenvalue weighted by atomic mass is 19.4. The largest absolute Gasteiger partial charge is 0.494 e. The molecule has 0 amide bonds. The van der Waals surface area contributed by atoms with Gasteiger partial charge in [0.2, 0.25) is 5.54 Å². The summed E-state index contributed by atoms with van der Waals surface area (Å²) in [5.74, 6) is -4.11. The summed E-state index contributed by atoms with van der Waals surface area (Å²) in [7, 11) is 0. The van der Waals surface area contributed by atoms with Crippen LogP contribution in [0, 0.1) is 11.6 Å². The van der Waals surface area contributed by atoms with Crippen LogP contribution in [0.25, 0.3) is 22.6 Å². The summed E-state index contributed by atoms with van der Waals surface area (Å²) < 4.78 is 92.7. The Bertz CT molecular complexity index is 1790. The second-order valence-corrected chi connectivity index (χ2v) is 10.8. The van der Waals surface area contributed by atoms with Crippen molar-refractivity contribution in [2.24, 2.45) is 5.10 Å². The SMILES string of the molecule is CCCOc1ccc(-c2cc(C(CCOCCOCCO)(C(=O)O)N3Cc4[nH]c(-c5cccc(F)c5F)nc4C=N3)on2)c(C(F)(F)F)c1. The summed E-state index contributed by atoms with van der Waals surface area (Å²) >= 11 is 0. The van der Waals surface area contributed by atoms with E-state index in [9.17, 15) is 31.9 Å². The first-order valence-corrected chi connectivity index (χ1v) is 15.2. The van der Waals surface area contributed by atoms with E-state index in [1.807, 2.05) is 6.92 Å². The molecule has 17 heteroatoms. The second-order valence-electron chi connectivity index (χ2n) is 10.8. The van der Waals surface area contributed by atoms with Gasteiger partial charge in [-0.3, -0.25) is 5.01 Å². The average molecular weight is 694 g/mol. The van der Waals surface area contributed by atoms with Crippen molar-refractivity contribution in [2.75, 3.05) is 39.6 Å². The lowest BCUT2D eigenvalue weighted by atomic mass is 9.90. The summed E-state index contributed by atoms with van der Waals surface area (Å²) in [4.78, 5) is 20.4. The van der Waals surface area contributed by atoms with Crippen LogP contribution < -0.4 is 4.74 Å². The highest BCUT2D eigenvalue weighted by Crippen LogP contribution is 2.42. The van der Waals surface area contributed by atoms with Gasteiger partial charge in [-0.15, -0.1) is 0 Å². The Kier molecular flexibility index (Phi) is 10.9. The summed E-state index contributed by atoms with van der Waals surface area (Å²) in [6.45, 7) is 1.55. The van der Waals surface area contributed by atoms with Gasteiger partial charge in [-0.05, 0) is 36.8 Å². The molecule has 262 valence electrons. The highest BCUT2D eigenvalue weighted by molar-refractivity contribution is 5.84. The number of fused-ring (bicyclic) bond motifs is 1. The Morgan fingerprint density at radius 1 is 1.04 bits per heavy atom. The molecule has 0 spiro atoms. The number of rotatable bonds is 16. The molecule has 3 heterocycles. The topological polar surface area (TPSA) is 156 Å². The first kappa shape index (κ1) is 35.4. The molecule has 1 aliphatic heterocycles. The first-order chi connectivity index (χ1) is 23.5. The number of aromatic nitrogens is 3. The maximum Gasteiger partial charge on any atom is 0.417 e. The molecule has 0 bridgehead atoms. The van der Waals surface area contributed by atoms with Crippen molar-refractivity contribution in [1.29, 1.82) is 0 Å². The normalized spacial score (nSPS) is 14.1. The zero-order valence-corrected chi connectivity index (χ0v) is 26.1. The summed E-state index contributed by atoms with van der Waals surface area (Å²) in [6, 6.07) is 8.01. The van der Waals surface area contributed by atoms with Gasteiger partial charge in [0.15, 0.2) is 17.4 Å². The molecule has 0 fully saturated rings. The van der Waals surface area contributed by atoms with E-state index < -0.39 is 34.9 Å². The first-order valence-electron chi connectivity index (χ1n) is 15.2. The quantitative estimate of drug-likeness (QED) is 0.103. The maximum atomic E-state index is 14.5. The van der Waals surface area contributed by atoms with Gasteiger partial charge < -0.3 is 33.9 Å². The minimum absolute atomic E-state index is 0.00264. The van der Waals surface area contributed by atoms with Gasteiger partial charge in [0.1, 0.15) is 23.0 Å². The van der Waals surface area contributed by atoms with Crippen molar-refractivity contribution in [3.8, 4) is 28.4 Å². The number of hydrogen-bond donors (Lipinski definition) is 3. The van der Waals surface area contributed by atoms with Crippen LogP contribution >= 0.6 is 0 Å². The number of ether oxygens (including phenoxy) is 3. The molecule has 4 aromatic rings. The molecule has 1 unspecified atom stereocenters. The molecular formula is C32H32F5N5O7. The van der Waals surface area contributed by atoms with E-state index in [0.29, 0.717) is 12.1 Å². The Morgan fingerprint density at radius 3 is 2.53 bits per heavy atom. The molecule has 3 N–H and O–H groups in total. The number of aliphatic carboxylic acids is 1. The summed E-state index contributed by atoms with van der Waals surface area (Å²) in [5.41, 5.74) is -3.57. The third-order valence-electron chi connectivity index (χ3n) is 7.62. The number of halogens is 5. The van der Waals surface area contributed by atoms with Crippen molar-refractivity contribution < 1.29 is 55.7 Å². The number of aliphatic hydroxyl groups is 1. The molecule has 1 atom stereocenters. The van der Waals surface area contributed by atoms with E-state index in [4.69, 9.17) is 23.8 Å². The Morgan fingerprint density at radius 2 is 1.82 bits per heavy atom. The number of alkyl halides is 3. The molecule has 2 aromatic heterocycles. The molecule has 0 saturated carbocycles. The number of nitrogens with zero attached hydrogens (tertiary/aromatic N) is 4. The number of carbonyl (C=O) groups is 1. The molecule has 1 aliphatic rings. The van der Waals surface area contributed by atoms with E-state index in [2.05, 4.69) is 20.2 Å². The molecule has 0 radical (unpaired) electrons. The van der Waals surface area contributed by atoms with Gasteiger partial charge in [0.25, 0.3) is 0 Å². The fourth-order valence-corrected chi connectivity index (χ4v) is 5.21. The second kappa shape index (κ2) is 15.1. The smallest absolute Gasteiger partial charge is 0.417 e. The third kappa shape index (κ3) is 7.58. The maximum absolute atomic E-state index is 14.5. The van der Waals surface area contributed by atoms with Crippen molar-refractivity contribution in [3.63, 3.8) is 0 Å². The van der Waals surface area contributed by atoms with Crippen LogP contribution in [-0.4, -0.2) is 82.2 Å². The number of H-pyrrole nitrogens is 1. The van der Waals surface area contributed by atoms with E-state index in [-0.39, 0.29) is 92.5 Å². The van der Waals surface area contributed by atoms with Crippen LogP contribution in [0.3, 0.4) is 0 Å².